The maximum Gasteiger partial charge on any atom is 0.367 e. The lowest BCUT2D eigenvalue weighted by Gasteiger charge is -2.03. The summed E-state index contributed by atoms with van der Waals surface area (Å²) in [5.74, 6) is -1.16. The number of rotatable bonds is 5. The third-order valence-electron chi connectivity index (χ3n) is 2.98. The van der Waals surface area contributed by atoms with Crippen molar-refractivity contribution in [2.45, 2.75) is 0 Å². The summed E-state index contributed by atoms with van der Waals surface area (Å²) in [6.07, 6.45) is 0. The molecule has 10 nitrogen and oxygen atoms in total. The predicted molar refractivity (Wildman–Crippen MR) is 87.3 cm³/mol. The predicted octanol–water partition coefficient (Wildman–Crippen LogP) is 2.63. The average molecular weight is 365 g/mol. The van der Waals surface area contributed by atoms with Gasteiger partial charge in [-0.1, -0.05) is 16.8 Å². The van der Waals surface area contributed by atoms with Crippen molar-refractivity contribution in [1.82, 2.24) is 0 Å². The van der Waals surface area contributed by atoms with E-state index >= 15 is 0 Å². The lowest BCUT2D eigenvalue weighted by atomic mass is 10.2. The molecule has 2 rings (SSSR count). The molecule has 0 atom stereocenters. The topological polar surface area (TPSA) is 151 Å². The largest absolute Gasteiger partial charge is 0.380 e. The van der Waals surface area contributed by atoms with Gasteiger partial charge in [0.05, 0.1) is 20.4 Å². The van der Waals surface area contributed by atoms with Crippen LogP contribution in [0.15, 0.2) is 47.6 Å². The zero-order chi connectivity index (χ0) is 18.6. The van der Waals surface area contributed by atoms with Crippen LogP contribution < -0.4 is 5.73 Å². The summed E-state index contributed by atoms with van der Waals surface area (Å²) >= 11 is 5.80. The van der Waals surface area contributed by atoms with Crippen LogP contribution in [0.1, 0.15) is 15.9 Å². The van der Waals surface area contributed by atoms with Crippen molar-refractivity contribution in [3.63, 3.8) is 0 Å². The molecule has 0 aliphatic heterocycles. The molecule has 0 fully saturated rings. The van der Waals surface area contributed by atoms with E-state index in [-0.39, 0.29) is 27.8 Å². The van der Waals surface area contributed by atoms with Gasteiger partial charge in [-0.15, -0.1) is 0 Å². The number of hydrogen-bond acceptors (Lipinski definition) is 7. The Morgan fingerprint density at radius 2 is 1.60 bits per heavy atom. The number of benzene rings is 2. The van der Waals surface area contributed by atoms with E-state index in [9.17, 15) is 25.0 Å². The average Bonchev–Trinajstić information content (AvgIpc) is 2.59. The zero-order valence-electron chi connectivity index (χ0n) is 12.3. The third-order valence-corrected chi connectivity index (χ3v) is 3.30. The van der Waals surface area contributed by atoms with Gasteiger partial charge in [-0.2, -0.15) is 0 Å². The first-order valence-corrected chi connectivity index (χ1v) is 6.91. The molecule has 2 aromatic carbocycles. The molecule has 2 aromatic rings. The highest BCUT2D eigenvalue weighted by Gasteiger charge is 2.16. The molecule has 0 aliphatic rings. The third kappa shape index (κ3) is 4.26. The van der Waals surface area contributed by atoms with E-state index in [0.29, 0.717) is 5.56 Å². The molecule has 2 N–H and O–H groups in total. The highest BCUT2D eigenvalue weighted by Crippen LogP contribution is 2.23. The number of oxime groups is 1. The van der Waals surface area contributed by atoms with Crippen molar-refractivity contribution in [3.8, 4) is 0 Å². The van der Waals surface area contributed by atoms with Crippen molar-refractivity contribution < 1.29 is 19.5 Å². The molecule has 11 heteroatoms. The fourth-order valence-corrected chi connectivity index (χ4v) is 1.98. The summed E-state index contributed by atoms with van der Waals surface area (Å²) in [5.41, 5.74) is 5.38. The summed E-state index contributed by atoms with van der Waals surface area (Å²) in [7, 11) is 0. The second-order valence-electron chi connectivity index (χ2n) is 4.58. The van der Waals surface area contributed by atoms with Gasteiger partial charge >= 0.3 is 5.97 Å². The molecular formula is C14H9ClN4O6. The molecule has 0 unspecified atom stereocenters. The molecule has 128 valence electrons. The van der Waals surface area contributed by atoms with Crippen molar-refractivity contribution in [1.29, 1.82) is 0 Å². The van der Waals surface area contributed by atoms with Crippen LogP contribution in [0, 0.1) is 20.2 Å². The molecular weight excluding hydrogens is 356 g/mol. The normalized spacial score (nSPS) is 11.0. The molecule has 0 aromatic heterocycles. The van der Waals surface area contributed by atoms with Gasteiger partial charge in [0.2, 0.25) is 0 Å². The second-order valence-corrected chi connectivity index (χ2v) is 4.99. The maximum absolute atomic E-state index is 11.9. The summed E-state index contributed by atoms with van der Waals surface area (Å²) in [4.78, 5) is 36.5. The molecule has 0 spiro atoms. The van der Waals surface area contributed by atoms with E-state index in [1.54, 1.807) is 0 Å². The van der Waals surface area contributed by atoms with Crippen molar-refractivity contribution in [2.75, 3.05) is 0 Å². The number of amidine groups is 1. The molecule has 0 saturated heterocycles. The highest BCUT2D eigenvalue weighted by molar-refractivity contribution is 6.33. The lowest BCUT2D eigenvalue weighted by molar-refractivity contribution is -0.385. The van der Waals surface area contributed by atoms with Crippen molar-refractivity contribution in [3.05, 3.63) is 78.8 Å². The fraction of sp³-hybridized carbons (Fsp3) is 0. The summed E-state index contributed by atoms with van der Waals surface area (Å²) in [5, 5.41) is 24.4. The van der Waals surface area contributed by atoms with Crippen LogP contribution in [0.25, 0.3) is 0 Å². The van der Waals surface area contributed by atoms with Crippen molar-refractivity contribution >= 4 is 34.8 Å². The number of carbonyl (C=O) groups is 1. The van der Waals surface area contributed by atoms with Crippen LogP contribution in [-0.4, -0.2) is 21.7 Å². The van der Waals surface area contributed by atoms with Gasteiger partial charge in [-0.3, -0.25) is 20.2 Å². The number of nitrogens with zero attached hydrogens (tertiary/aromatic N) is 3. The van der Waals surface area contributed by atoms with Crippen LogP contribution >= 0.6 is 11.6 Å². The maximum atomic E-state index is 11.9. The minimum Gasteiger partial charge on any atom is -0.380 e. The van der Waals surface area contributed by atoms with Crippen molar-refractivity contribution in [2.24, 2.45) is 10.9 Å². The van der Waals surface area contributed by atoms with E-state index in [0.717, 1.165) is 18.2 Å². The molecule has 0 saturated carbocycles. The Labute approximate surface area is 144 Å². The fourth-order valence-electron chi connectivity index (χ4n) is 1.73. The van der Waals surface area contributed by atoms with Crippen LogP contribution in [0.5, 0.6) is 0 Å². The smallest absolute Gasteiger partial charge is 0.367 e. The Hall–Kier alpha value is -3.53. The zero-order valence-corrected chi connectivity index (χ0v) is 13.0. The van der Waals surface area contributed by atoms with Crippen LogP contribution in [0.4, 0.5) is 11.4 Å². The molecule has 0 bridgehead atoms. The second kappa shape index (κ2) is 7.36. The number of non-ortho nitro benzene ring substituents is 2. The molecule has 25 heavy (non-hydrogen) atoms. The Balaban J connectivity index is 2.13. The van der Waals surface area contributed by atoms with Gasteiger partial charge in [0.25, 0.3) is 11.4 Å². The Bertz CT molecular complexity index is 881. The van der Waals surface area contributed by atoms with Gasteiger partial charge in [0.15, 0.2) is 5.84 Å². The molecule has 0 radical (unpaired) electrons. The van der Waals surface area contributed by atoms with E-state index < -0.39 is 15.8 Å². The van der Waals surface area contributed by atoms with Crippen LogP contribution in [0.2, 0.25) is 5.02 Å². The number of nitro benzene ring substituents is 2. The first-order chi connectivity index (χ1) is 11.8. The molecule has 0 amide bonds. The van der Waals surface area contributed by atoms with Gasteiger partial charge in [-0.25, -0.2) is 4.79 Å². The van der Waals surface area contributed by atoms with Gasteiger partial charge in [0.1, 0.15) is 0 Å². The molecule has 0 aliphatic carbocycles. The number of nitro groups is 2. The van der Waals surface area contributed by atoms with Crippen LogP contribution in [-0.2, 0) is 4.84 Å². The lowest BCUT2D eigenvalue weighted by Crippen LogP contribution is -2.15. The molecule has 0 heterocycles. The standard InChI is InChI=1S/C14H9ClN4O6/c15-12-7-10(19(23)24)5-6-11(12)14(20)25-17-13(16)8-1-3-9(4-2-8)18(21)22/h1-7H,(H2,16,17). The number of carbonyl (C=O) groups excluding carboxylic acids is 1. The highest BCUT2D eigenvalue weighted by atomic mass is 35.5. The Kier molecular flexibility index (Phi) is 5.25. The first-order valence-electron chi connectivity index (χ1n) is 6.53. The number of hydrogen-bond donors (Lipinski definition) is 1. The SMILES string of the molecule is NC(=NOC(=O)c1ccc([N+](=O)[O-])cc1Cl)c1ccc([N+](=O)[O-])cc1. The van der Waals surface area contributed by atoms with E-state index in [1.807, 2.05) is 0 Å². The summed E-state index contributed by atoms with van der Waals surface area (Å²) in [6, 6.07) is 8.32. The van der Waals surface area contributed by atoms with E-state index in [4.69, 9.17) is 17.3 Å². The summed E-state index contributed by atoms with van der Waals surface area (Å²) < 4.78 is 0. The van der Waals surface area contributed by atoms with E-state index in [2.05, 4.69) is 9.99 Å². The quantitative estimate of drug-likeness (QED) is 0.281. The van der Waals surface area contributed by atoms with Gasteiger partial charge in [-0.05, 0) is 18.2 Å². The Morgan fingerprint density at radius 1 is 1.04 bits per heavy atom. The van der Waals surface area contributed by atoms with E-state index in [1.165, 1.54) is 24.3 Å². The first kappa shape index (κ1) is 17.8. The number of halogens is 1. The van der Waals surface area contributed by atoms with Crippen LogP contribution in [0.3, 0.4) is 0 Å². The monoisotopic (exact) mass is 364 g/mol. The Morgan fingerprint density at radius 3 is 2.12 bits per heavy atom. The minimum absolute atomic E-state index is 0.132. The van der Waals surface area contributed by atoms with Gasteiger partial charge in [0, 0.05) is 29.8 Å². The minimum atomic E-state index is -0.968. The van der Waals surface area contributed by atoms with Gasteiger partial charge < -0.3 is 10.6 Å². The number of nitrogens with two attached hydrogens (primary N) is 1. The summed E-state index contributed by atoms with van der Waals surface area (Å²) in [6.45, 7) is 0.